The Kier molecular flexibility index (Phi) is 9.28. The predicted octanol–water partition coefficient (Wildman–Crippen LogP) is 4.57. The van der Waals surface area contributed by atoms with Gasteiger partial charge < -0.3 is 4.90 Å². The smallest absolute Gasteiger partial charge is 0.225 e. The number of amides is 1. The van der Waals surface area contributed by atoms with E-state index in [-0.39, 0.29) is 11.8 Å². The van der Waals surface area contributed by atoms with Crippen molar-refractivity contribution >= 4 is 5.91 Å². The average Bonchev–Trinajstić information content (AvgIpc) is 2.37. The number of nitrogens with zero attached hydrogens (tertiary/aromatic N) is 1. The fraction of sp³-hybridized carbons (Fsp3) is 0.706. The molecule has 0 rings (SSSR count). The summed E-state index contributed by atoms with van der Waals surface area (Å²) in [6, 6.07) is 0. The molecule has 0 aromatic heterocycles. The van der Waals surface area contributed by atoms with Crippen LogP contribution >= 0.6 is 0 Å². The quantitative estimate of drug-likeness (QED) is 0.588. The molecule has 110 valence electrons. The third-order valence-electron chi connectivity index (χ3n) is 3.48. The van der Waals surface area contributed by atoms with E-state index in [1.807, 2.05) is 18.7 Å². The monoisotopic (exact) mass is 265 g/mol. The standard InChI is InChI=1S/C17H31NO/c1-7-16(6)17(19)18(8-2)13-12-15(5)11-9-10-14(3)4/h10,12,16H,7-9,11,13H2,1-6H3/b15-12-. The number of hydrogen-bond acceptors (Lipinski definition) is 1. The summed E-state index contributed by atoms with van der Waals surface area (Å²) < 4.78 is 0. The number of hydrogen-bond donors (Lipinski definition) is 0. The minimum atomic E-state index is 0.138. The van der Waals surface area contributed by atoms with Gasteiger partial charge in [-0.2, -0.15) is 0 Å². The van der Waals surface area contributed by atoms with E-state index >= 15 is 0 Å². The first-order valence-corrected chi connectivity index (χ1v) is 7.50. The lowest BCUT2D eigenvalue weighted by Crippen LogP contribution is -2.35. The summed E-state index contributed by atoms with van der Waals surface area (Å²) in [6.45, 7) is 14.1. The summed E-state index contributed by atoms with van der Waals surface area (Å²) >= 11 is 0. The number of allylic oxidation sites excluding steroid dienone is 3. The molecule has 0 aliphatic carbocycles. The van der Waals surface area contributed by atoms with E-state index in [4.69, 9.17) is 0 Å². The van der Waals surface area contributed by atoms with Crippen molar-refractivity contribution in [3.05, 3.63) is 23.3 Å². The minimum Gasteiger partial charge on any atom is -0.339 e. The van der Waals surface area contributed by atoms with Crippen LogP contribution in [0, 0.1) is 5.92 Å². The third kappa shape index (κ3) is 7.86. The van der Waals surface area contributed by atoms with Crippen LogP contribution in [0.2, 0.25) is 0 Å². The highest BCUT2D eigenvalue weighted by atomic mass is 16.2. The maximum Gasteiger partial charge on any atom is 0.225 e. The fourth-order valence-electron chi connectivity index (χ4n) is 1.82. The van der Waals surface area contributed by atoms with E-state index < -0.39 is 0 Å². The van der Waals surface area contributed by atoms with Gasteiger partial charge in [-0.3, -0.25) is 4.79 Å². The summed E-state index contributed by atoms with van der Waals surface area (Å²) in [5.74, 6) is 0.415. The lowest BCUT2D eigenvalue weighted by atomic mass is 10.1. The van der Waals surface area contributed by atoms with Crippen LogP contribution in [0.15, 0.2) is 23.3 Å². The molecule has 2 heteroatoms. The summed E-state index contributed by atoms with van der Waals surface area (Å²) in [6.07, 6.45) is 7.55. The van der Waals surface area contributed by atoms with Crippen LogP contribution in [0.1, 0.15) is 60.8 Å². The first kappa shape index (κ1) is 17.9. The zero-order valence-electron chi connectivity index (χ0n) is 13.6. The molecule has 0 aliphatic heterocycles. The van der Waals surface area contributed by atoms with Crippen molar-refractivity contribution in [3.8, 4) is 0 Å². The summed E-state index contributed by atoms with van der Waals surface area (Å²) in [5.41, 5.74) is 2.74. The second-order valence-electron chi connectivity index (χ2n) is 5.56. The van der Waals surface area contributed by atoms with E-state index in [9.17, 15) is 4.79 Å². The first-order chi connectivity index (χ1) is 8.92. The molecule has 0 saturated heterocycles. The highest BCUT2D eigenvalue weighted by molar-refractivity contribution is 5.78. The Bertz CT molecular complexity index is 324. The van der Waals surface area contributed by atoms with E-state index in [2.05, 4.69) is 39.8 Å². The Morgan fingerprint density at radius 3 is 2.26 bits per heavy atom. The maximum absolute atomic E-state index is 12.1. The number of carbonyl (C=O) groups is 1. The molecule has 0 aromatic carbocycles. The molecule has 0 fully saturated rings. The summed E-state index contributed by atoms with van der Waals surface area (Å²) in [4.78, 5) is 14.1. The zero-order chi connectivity index (χ0) is 14.8. The van der Waals surface area contributed by atoms with Crippen LogP contribution in [-0.2, 0) is 4.79 Å². The van der Waals surface area contributed by atoms with Crippen LogP contribution in [0.3, 0.4) is 0 Å². The van der Waals surface area contributed by atoms with Crippen LogP contribution < -0.4 is 0 Å². The van der Waals surface area contributed by atoms with Gasteiger partial charge in [0.25, 0.3) is 0 Å². The molecule has 19 heavy (non-hydrogen) atoms. The summed E-state index contributed by atoms with van der Waals surface area (Å²) in [5, 5.41) is 0. The van der Waals surface area contributed by atoms with E-state index in [0.29, 0.717) is 0 Å². The number of likely N-dealkylation sites (N-methyl/N-ethyl adjacent to an activating group) is 1. The molecular formula is C17H31NO. The molecule has 0 bridgehead atoms. The van der Waals surface area contributed by atoms with E-state index in [1.54, 1.807) is 0 Å². The van der Waals surface area contributed by atoms with Crippen molar-refractivity contribution in [2.45, 2.75) is 60.8 Å². The second-order valence-corrected chi connectivity index (χ2v) is 5.56. The van der Waals surface area contributed by atoms with Gasteiger partial charge in [0.05, 0.1) is 0 Å². The molecule has 1 amide bonds. The lowest BCUT2D eigenvalue weighted by molar-refractivity contribution is -0.134. The molecule has 0 heterocycles. The average molecular weight is 265 g/mol. The lowest BCUT2D eigenvalue weighted by Gasteiger charge is -2.22. The minimum absolute atomic E-state index is 0.138. The van der Waals surface area contributed by atoms with Gasteiger partial charge in [0.2, 0.25) is 5.91 Å². The fourth-order valence-corrected chi connectivity index (χ4v) is 1.82. The molecule has 0 saturated carbocycles. The van der Waals surface area contributed by atoms with Crippen LogP contribution in [-0.4, -0.2) is 23.9 Å². The number of rotatable bonds is 8. The van der Waals surface area contributed by atoms with Crippen LogP contribution in [0.25, 0.3) is 0 Å². The Balaban J connectivity index is 4.32. The molecule has 0 aliphatic rings. The van der Waals surface area contributed by atoms with Gasteiger partial charge in [-0.05, 0) is 47.0 Å². The molecule has 1 atom stereocenters. The number of carbonyl (C=O) groups excluding carboxylic acids is 1. The Labute approximate surface area is 119 Å². The molecule has 0 spiro atoms. The van der Waals surface area contributed by atoms with Gasteiger partial charge in [0.1, 0.15) is 0 Å². The van der Waals surface area contributed by atoms with Crippen LogP contribution in [0.4, 0.5) is 0 Å². The van der Waals surface area contributed by atoms with Crippen LogP contribution in [0.5, 0.6) is 0 Å². The SMILES string of the molecule is CCC(C)C(=O)N(CC)C/C=C(/C)CCC=C(C)C. The zero-order valence-corrected chi connectivity index (χ0v) is 13.6. The highest BCUT2D eigenvalue weighted by Crippen LogP contribution is 2.10. The second kappa shape index (κ2) is 9.82. The van der Waals surface area contributed by atoms with Gasteiger partial charge in [0, 0.05) is 19.0 Å². The van der Waals surface area contributed by atoms with Crippen molar-refractivity contribution in [2.24, 2.45) is 5.92 Å². The predicted molar refractivity (Wildman–Crippen MR) is 84.1 cm³/mol. The van der Waals surface area contributed by atoms with E-state index in [1.165, 1.54) is 11.1 Å². The van der Waals surface area contributed by atoms with Crippen molar-refractivity contribution < 1.29 is 4.79 Å². The normalized spacial score (nSPS) is 13.1. The molecule has 2 nitrogen and oxygen atoms in total. The summed E-state index contributed by atoms with van der Waals surface area (Å²) in [7, 11) is 0. The van der Waals surface area contributed by atoms with Gasteiger partial charge in [-0.1, -0.05) is 37.1 Å². The van der Waals surface area contributed by atoms with Gasteiger partial charge >= 0.3 is 0 Å². The Hall–Kier alpha value is -1.05. The van der Waals surface area contributed by atoms with Gasteiger partial charge in [-0.15, -0.1) is 0 Å². The largest absolute Gasteiger partial charge is 0.339 e. The highest BCUT2D eigenvalue weighted by Gasteiger charge is 2.16. The third-order valence-corrected chi connectivity index (χ3v) is 3.48. The molecule has 0 radical (unpaired) electrons. The van der Waals surface area contributed by atoms with Gasteiger partial charge in [-0.25, -0.2) is 0 Å². The topological polar surface area (TPSA) is 20.3 Å². The molecular weight excluding hydrogens is 234 g/mol. The molecule has 0 aromatic rings. The Morgan fingerprint density at radius 2 is 1.79 bits per heavy atom. The Morgan fingerprint density at radius 1 is 1.16 bits per heavy atom. The van der Waals surface area contributed by atoms with Crippen molar-refractivity contribution in [2.75, 3.05) is 13.1 Å². The van der Waals surface area contributed by atoms with E-state index in [0.717, 1.165) is 32.4 Å². The van der Waals surface area contributed by atoms with Gasteiger partial charge in [0.15, 0.2) is 0 Å². The maximum atomic E-state index is 12.1. The van der Waals surface area contributed by atoms with Crippen molar-refractivity contribution in [1.82, 2.24) is 4.90 Å². The van der Waals surface area contributed by atoms with Crippen molar-refractivity contribution in [3.63, 3.8) is 0 Å². The molecule has 1 unspecified atom stereocenters. The first-order valence-electron chi connectivity index (χ1n) is 7.50. The molecule has 0 N–H and O–H groups in total. The van der Waals surface area contributed by atoms with Crippen molar-refractivity contribution in [1.29, 1.82) is 0 Å².